The SMILES string of the molecule is CC(O)CCN(C)C(=O)/C=C/c1ccccc1[N+](=O)[O-]. The molecule has 1 amide bonds. The molecule has 6 nitrogen and oxygen atoms in total. The first-order valence-corrected chi connectivity index (χ1v) is 6.26. The van der Waals surface area contributed by atoms with Gasteiger partial charge in [-0.1, -0.05) is 12.1 Å². The zero-order chi connectivity index (χ0) is 15.1. The van der Waals surface area contributed by atoms with Gasteiger partial charge in [0.15, 0.2) is 0 Å². The molecule has 1 aromatic carbocycles. The van der Waals surface area contributed by atoms with Crippen LogP contribution in [0.3, 0.4) is 0 Å². The minimum Gasteiger partial charge on any atom is -0.393 e. The van der Waals surface area contributed by atoms with Crippen LogP contribution in [0.2, 0.25) is 0 Å². The van der Waals surface area contributed by atoms with Crippen molar-refractivity contribution in [2.45, 2.75) is 19.4 Å². The van der Waals surface area contributed by atoms with Crippen LogP contribution in [-0.2, 0) is 4.79 Å². The minimum absolute atomic E-state index is 0.0387. The highest BCUT2D eigenvalue weighted by molar-refractivity contribution is 5.92. The summed E-state index contributed by atoms with van der Waals surface area (Å²) >= 11 is 0. The molecular weight excluding hydrogens is 260 g/mol. The predicted octanol–water partition coefficient (Wildman–Crippen LogP) is 1.84. The number of amides is 1. The van der Waals surface area contributed by atoms with E-state index in [0.717, 1.165) is 0 Å². The molecule has 0 aliphatic rings. The number of aliphatic hydroxyl groups is 1. The van der Waals surface area contributed by atoms with Crippen LogP contribution in [0.1, 0.15) is 18.9 Å². The lowest BCUT2D eigenvalue weighted by Gasteiger charge is -2.15. The molecule has 0 aliphatic carbocycles. The molecule has 6 heteroatoms. The first-order chi connectivity index (χ1) is 9.41. The van der Waals surface area contributed by atoms with E-state index in [9.17, 15) is 14.9 Å². The number of nitro benzene ring substituents is 1. The van der Waals surface area contributed by atoms with Gasteiger partial charge in [0.05, 0.1) is 16.6 Å². The molecule has 1 N–H and O–H groups in total. The van der Waals surface area contributed by atoms with E-state index >= 15 is 0 Å². The lowest BCUT2D eigenvalue weighted by Crippen LogP contribution is -2.27. The van der Waals surface area contributed by atoms with Crippen LogP contribution in [-0.4, -0.2) is 40.5 Å². The number of hydrogen-bond donors (Lipinski definition) is 1. The average Bonchev–Trinajstić information content (AvgIpc) is 2.42. The molecule has 1 aromatic rings. The number of para-hydroxylation sites is 1. The lowest BCUT2D eigenvalue weighted by molar-refractivity contribution is -0.385. The topological polar surface area (TPSA) is 83.7 Å². The van der Waals surface area contributed by atoms with Crippen molar-refractivity contribution in [3.8, 4) is 0 Å². The molecule has 0 saturated carbocycles. The highest BCUT2D eigenvalue weighted by Crippen LogP contribution is 2.18. The fraction of sp³-hybridized carbons (Fsp3) is 0.357. The van der Waals surface area contributed by atoms with Crippen LogP contribution in [0.25, 0.3) is 6.08 Å². The van der Waals surface area contributed by atoms with Gasteiger partial charge in [0, 0.05) is 25.7 Å². The molecule has 1 atom stereocenters. The number of likely N-dealkylation sites (N-methyl/N-ethyl adjacent to an activating group) is 1. The summed E-state index contributed by atoms with van der Waals surface area (Å²) in [5, 5.41) is 20.0. The Hall–Kier alpha value is -2.21. The summed E-state index contributed by atoms with van der Waals surface area (Å²) in [5.41, 5.74) is 0.345. The Bertz CT molecular complexity index is 512. The number of rotatable bonds is 6. The van der Waals surface area contributed by atoms with Crippen molar-refractivity contribution in [1.82, 2.24) is 4.90 Å². The molecular formula is C14H18N2O4. The van der Waals surface area contributed by atoms with Crippen molar-refractivity contribution in [2.24, 2.45) is 0 Å². The smallest absolute Gasteiger partial charge is 0.276 e. The molecule has 20 heavy (non-hydrogen) atoms. The van der Waals surface area contributed by atoms with E-state index in [-0.39, 0.29) is 11.6 Å². The van der Waals surface area contributed by atoms with E-state index in [2.05, 4.69) is 0 Å². The van der Waals surface area contributed by atoms with Crippen molar-refractivity contribution in [1.29, 1.82) is 0 Å². The molecule has 0 radical (unpaired) electrons. The Labute approximate surface area is 117 Å². The first kappa shape index (κ1) is 15.8. The van der Waals surface area contributed by atoms with Gasteiger partial charge in [-0.3, -0.25) is 14.9 Å². The van der Waals surface area contributed by atoms with E-state index in [1.165, 1.54) is 23.1 Å². The highest BCUT2D eigenvalue weighted by atomic mass is 16.6. The van der Waals surface area contributed by atoms with Gasteiger partial charge in [0.1, 0.15) is 0 Å². The summed E-state index contributed by atoms with van der Waals surface area (Å²) in [6, 6.07) is 6.22. The molecule has 1 unspecified atom stereocenters. The third-order valence-electron chi connectivity index (χ3n) is 2.80. The quantitative estimate of drug-likeness (QED) is 0.489. The van der Waals surface area contributed by atoms with Gasteiger partial charge in [-0.15, -0.1) is 0 Å². The van der Waals surface area contributed by atoms with Gasteiger partial charge in [-0.05, 0) is 25.5 Å². The Morgan fingerprint density at radius 1 is 1.50 bits per heavy atom. The van der Waals surface area contributed by atoms with Gasteiger partial charge < -0.3 is 10.0 Å². The van der Waals surface area contributed by atoms with E-state index in [4.69, 9.17) is 5.11 Å². The maximum atomic E-state index is 11.8. The third kappa shape index (κ3) is 4.81. The monoisotopic (exact) mass is 278 g/mol. The number of carbonyl (C=O) groups excluding carboxylic acids is 1. The van der Waals surface area contributed by atoms with Crippen LogP contribution in [0.4, 0.5) is 5.69 Å². The summed E-state index contributed by atoms with van der Waals surface area (Å²) in [7, 11) is 1.62. The summed E-state index contributed by atoms with van der Waals surface area (Å²) < 4.78 is 0. The molecule has 108 valence electrons. The second kappa shape index (κ2) is 7.40. The van der Waals surface area contributed by atoms with Crippen molar-refractivity contribution >= 4 is 17.7 Å². The van der Waals surface area contributed by atoms with E-state index in [1.807, 2.05) is 0 Å². The van der Waals surface area contributed by atoms with Gasteiger partial charge in [0.25, 0.3) is 5.69 Å². The predicted molar refractivity (Wildman–Crippen MR) is 76.1 cm³/mol. The molecule has 0 saturated heterocycles. The van der Waals surface area contributed by atoms with Crippen LogP contribution in [0.5, 0.6) is 0 Å². The lowest BCUT2D eigenvalue weighted by atomic mass is 10.1. The zero-order valence-corrected chi connectivity index (χ0v) is 11.5. The Morgan fingerprint density at radius 2 is 2.15 bits per heavy atom. The van der Waals surface area contributed by atoms with Gasteiger partial charge in [-0.25, -0.2) is 0 Å². The highest BCUT2D eigenvalue weighted by Gasteiger charge is 2.11. The van der Waals surface area contributed by atoms with Crippen LogP contribution >= 0.6 is 0 Å². The van der Waals surface area contributed by atoms with E-state index < -0.39 is 11.0 Å². The number of nitrogens with zero attached hydrogens (tertiary/aromatic N) is 2. The maximum absolute atomic E-state index is 11.8. The van der Waals surface area contributed by atoms with E-state index in [1.54, 1.807) is 32.2 Å². The van der Waals surface area contributed by atoms with Crippen LogP contribution in [0.15, 0.2) is 30.3 Å². The van der Waals surface area contributed by atoms with Crippen LogP contribution in [0, 0.1) is 10.1 Å². The number of nitro groups is 1. The number of hydrogen-bond acceptors (Lipinski definition) is 4. The third-order valence-corrected chi connectivity index (χ3v) is 2.80. The van der Waals surface area contributed by atoms with Crippen molar-refractivity contribution in [3.63, 3.8) is 0 Å². The molecule has 0 fully saturated rings. The largest absolute Gasteiger partial charge is 0.393 e. The van der Waals surface area contributed by atoms with Gasteiger partial charge in [-0.2, -0.15) is 0 Å². The zero-order valence-electron chi connectivity index (χ0n) is 11.5. The van der Waals surface area contributed by atoms with Crippen LogP contribution < -0.4 is 0 Å². The fourth-order valence-corrected chi connectivity index (χ4v) is 1.57. The van der Waals surface area contributed by atoms with Crippen molar-refractivity contribution < 1.29 is 14.8 Å². The van der Waals surface area contributed by atoms with Crippen molar-refractivity contribution in [3.05, 3.63) is 46.0 Å². The summed E-state index contributed by atoms with van der Waals surface area (Å²) in [5.74, 6) is -0.260. The Kier molecular flexibility index (Phi) is 5.86. The van der Waals surface area contributed by atoms with Gasteiger partial charge in [0.2, 0.25) is 5.91 Å². The molecule has 0 heterocycles. The number of aliphatic hydroxyl groups excluding tert-OH is 1. The van der Waals surface area contributed by atoms with E-state index in [0.29, 0.717) is 18.5 Å². The Balaban J connectivity index is 2.72. The normalized spacial score (nSPS) is 12.3. The molecule has 1 rings (SSSR count). The second-order valence-corrected chi connectivity index (χ2v) is 4.55. The summed E-state index contributed by atoms with van der Waals surface area (Å²) in [4.78, 5) is 23.6. The summed E-state index contributed by atoms with van der Waals surface area (Å²) in [6.45, 7) is 2.08. The second-order valence-electron chi connectivity index (χ2n) is 4.55. The average molecular weight is 278 g/mol. The Morgan fingerprint density at radius 3 is 2.75 bits per heavy atom. The minimum atomic E-state index is -0.485. The molecule has 0 aliphatic heterocycles. The van der Waals surface area contributed by atoms with Gasteiger partial charge >= 0.3 is 0 Å². The maximum Gasteiger partial charge on any atom is 0.276 e. The molecule has 0 spiro atoms. The molecule has 0 bridgehead atoms. The first-order valence-electron chi connectivity index (χ1n) is 6.26. The number of carbonyl (C=O) groups is 1. The molecule has 0 aromatic heterocycles. The number of benzene rings is 1. The summed E-state index contributed by atoms with van der Waals surface area (Å²) in [6.07, 6.45) is 2.75. The standard InChI is InChI=1S/C14H18N2O4/c1-11(17)9-10-15(2)14(18)8-7-12-5-3-4-6-13(12)16(19)20/h3-8,11,17H,9-10H2,1-2H3/b8-7+. The van der Waals surface area contributed by atoms with Crippen molar-refractivity contribution in [2.75, 3.05) is 13.6 Å². The fourth-order valence-electron chi connectivity index (χ4n) is 1.57.